The van der Waals surface area contributed by atoms with Gasteiger partial charge in [0, 0.05) is 30.4 Å². The van der Waals surface area contributed by atoms with Crippen molar-refractivity contribution in [2.75, 3.05) is 11.4 Å². The van der Waals surface area contributed by atoms with Crippen LogP contribution in [0.4, 0.5) is 11.5 Å². The molecule has 0 radical (unpaired) electrons. The molecule has 5 rings (SSSR count). The zero-order chi connectivity index (χ0) is 18.2. The summed E-state index contributed by atoms with van der Waals surface area (Å²) in [4.78, 5) is 28.0. The van der Waals surface area contributed by atoms with Gasteiger partial charge in [0.2, 0.25) is 5.96 Å². The van der Waals surface area contributed by atoms with E-state index in [9.17, 15) is 4.79 Å². The van der Waals surface area contributed by atoms with Crippen molar-refractivity contribution in [3.05, 3.63) is 66.0 Å². The molecule has 1 atom stereocenters. The Morgan fingerprint density at radius 2 is 2.00 bits per heavy atom. The van der Waals surface area contributed by atoms with Crippen LogP contribution in [-0.2, 0) is 4.79 Å². The lowest BCUT2D eigenvalue weighted by Gasteiger charge is -2.19. The minimum Gasteiger partial charge on any atom is -0.355 e. The highest BCUT2D eigenvalue weighted by molar-refractivity contribution is 6.27. The van der Waals surface area contributed by atoms with E-state index in [2.05, 4.69) is 20.3 Å². The molecule has 2 aromatic rings. The van der Waals surface area contributed by atoms with Crippen LogP contribution in [0, 0.1) is 5.92 Å². The lowest BCUT2D eigenvalue weighted by molar-refractivity contribution is -0.113. The molecule has 3 heterocycles. The first-order valence-corrected chi connectivity index (χ1v) is 9.22. The van der Waals surface area contributed by atoms with Crippen molar-refractivity contribution in [3.8, 4) is 0 Å². The molecule has 0 saturated heterocycles. The second-order valence-electron chi connectivity index (χ2n) is 7.01. The Labute approximate surface area is 157 Å². The zero-order valence-corrected chi connectivity index (χ0v) is 14.7. The number of aromatic nitrogens is 1. The summed E-state index contributed by atoms with van der Waals surface area (Å²) in [5.41, 5.74) is 2.25. The summed E-state index contributed by atoms with van der Waals surface area (Å²) in [6.07, 6.45) is 7.90. The summed E-state index contributed by atoms with van der Waals surface area (Å²) < 4.78 is 0. The van der Waals surface area contributed by atoms with Gasteiger partial charge in [0.1, 0.15) is 5.70 Å². The Morgan fingerprint density at radius 3 is 2.81 bits per heavy atom. The van der Waals surface area contributed by atoms with Crippen LogP contribution in [0.1, 0.15) is 24.3 Å². The SMILES string of the molecule is O=C1/C(=C/C2C=Nc3ncccc32)N=C(NCC2CC2)N1c1ccccc1. The van der Waals surface area contributed by atoms with E-state index < -0.39 is 0 Å². The van der Waals surface area contributed by atoms with E-state index in [4.69, 9.17) is 0 Å². The first-order chi connectivity index (χ1) is 13.3. The van der Waals surface area contributed by atoms with Gasteiger partial charge < -0.3 is 5.32 Å². The van der Waals surface area contributed by atoms with E-state index in [0.717, 1.165) is 17.8 Å². The van der Waals surface area contributed by atoms with Gasteiger partial charge in [-0.05, 0) is 43.0 Å². The molecule has 3 aliphatic rings. The molecule has 1 aromatic carbocycles. The monoisotopic (exact) mass is 357 g/mol. The molecule has 2 aliphatic heterocycles. The summed E-state index contributed by atoms with van der Waals surface area (Å²) in [5, 5.41) is 3.36. The molecule has 1 amide bonds. The van der Waals surface area contributed by atoms with Crippen molar-refractivity contribution in [3.63, 3.8) is 0 Å². The molecule has 0 spiro atoms. The molecule has 0 bridgehead atoms. The Hall–Kier alpha value is -3.28. The van der Waals surface area contributed by atoms with E-state index in [1.165, 1.54) is 12.8 Å². The number of nitrogens with one attached hydrogen (secondary N) is 1. The zero-order valence-electron chi connectivity index (χ0n) is 14.7. The second kappa shape index (κ2) is 6.46. The molecule has 134 valence electrons. The molecule has 1 aromatic heterocycles. The van der Waals surface area contributed by atoms with Crippen molar-refractivity contribution in [1.29, 1.82) is 0 Å². The predicted octanol–water partition coefficient (Wildman–Crippen LogP) is 3.17. The number of fused-ring (bicyclic) bond motifs is 1. The maximum absolute atomic E-state index is 13.1. The van der Waals surface area contributed by atoms with Gasteiger partial charge in [0.25, 0.3) is 5.91 Å². The van der Waals surface area contributed by atoms with E-state index in [0.29, 0.717) is 23.4 Å². The topological polar surface area (TPSA) is 69.9 Å². The Bertz CT molecular complexity index is 975. The third kappa shape index (κ3) is 3.03. The number of anilines is 1. The summed E-state index contributed by atoms with van der Waals surface area (Å²) in [6, 6.07) is 13.5. The van der Waals surface area contributed by atoms with Crippen LogP contribution in [-0.4, -0.2) is 29.6 Å². The third-order valence-electron chi connectivity index (χ3n) is 4.99. The lowest BCUT2D eigenvalue weighted by atomic mass is 10.0. The predicted molar refractivity (Wildman–Crippen MR) is 105 cm³/mol. The fraction of sp³-hybridized carbons (Fsp3) is 0.238. The first kappa shape index (κ1) is 15.9. The molecule has 6 heteroatoms. The number of carbonyl (C=O) groups excluding carboxylic acids is 1. The minimum absolute atomic E-state index is 0.0863. The highest BCUT2D eigenvalue weighted by Crippen LogP contribution is 2.33. The number of aliphatic imine (C=N–C) groups is 2. The van der Waals surface area contributed by atoms with Crippen LogP contribution in [0.2, 0.25) is 0 Å². The van der Waals surface area contributed by atoms with Gasteiger partial charge in [0.15, 0.2) is 5.82 Å². The van der Waals surface area contributed by atoms with Gasteiger partial charge in [-0.1, -0.05) is 24.3 Å². The van der Waals surface area contributed by atoms with Crippen molar-refractivity contribution in [2.45, 2.75) is 18.8 Å². The fourth-order valence-electron chi connectivity index (χ4n) is 3.34. The molecule has 1 saturated carbocycles. The molecule has 1 unspecified atom stereocenters. The van der Waals surface area contributed by atoms with Gasteiger partial charge >= 0.3 is 0 Å². The van der Waals surface area contributed by atoms with Gasteiger partial charge in [-0.25, -0.2) is 19.9 Å². The second-order valence-corrected chi connectivity index (χ2v) is 7.01. The summed E-state index contributed by atoms with van der Waals surface area (Å²) in [7, 11) is 0. The van der Waals surface area contributed by atoms with Gasteiger partial charge in [-0.15, -0.1) is 0 Å². The van der Waals surface area contributed by atoms with E-state index in [1.54, 1.807) is 11.1 Å². The number of pyridine rings is 1. The highest BCUT2D eigenvalue weighted by Gasteiger charge is 2.34. The molecular formula is C21H19N5O. The quantitative estimate of drug-likeness (QED) is 0.855. The standard InChI is InChI=1S/C21H19N5O/c27-20-18(11-15-13-23-19-17(15)7-4-10-22-19)25-21(24-12-14-8-9-14)26(20)16-5-2-1-3-6-16/h1-7,10-11,13-15H,8-9,12H2,(H,24,25)/b18-11-. The number of carbonyl (C=O) groups is 1. The normalized spacial score (nSPS) is 22.3. The molecule has 1 aliphatic carbocycles. The van der Waals surface area contributed by atoms with Gasteiger partial charge in [-0.2, -0.15) is 0 Å². The number of para-hydroxylation sites is 1. The van der Waals surface area contributed by atoms with E-state index in [1.807, 2.05) is 54.8 Å². The number of benzene rings is 1. The summed E-state index contributed by atoms with van der Waals surface area (Å²) >= 11 is 0. The Balaban J connectivity index is 1.47. The van der Waals surface area contributed by atoms with Crippen LogP contribution in [0.5, 0.6) is 0 Å². The number of rotatable bonds is 4. The van der Waals surface area contributed by atoms with Crippen LogP contribution < -0.4 is 10.2 Å². The van der Waals surface area contributed by atoms with Crippen molar-refractivity contribution in [1.82, 2.24) is 10.3 Å². The number of hydrogen-bond acceptors (Lipinski definition) is 5. The Kier molecular flexibility index (Phi) is 3.81. The smallest absolute Gasteiger partial charge is 0.283 e. The molecule has 1 N–H and O–H groups in total. The average Bonchev–Trinajstić information content (AvgIpc) is 3.38. The largest absolute Gasteiger partial charge is 0.355 e. The molecule has 27 heavy (non-hydrogen) atoms. The molecular weight excluding hydrogens is 338 g/mol. The van der Waals surface area contributed by atoms with Crippen LogP contribution in [0.15, 0.2) is 70.4 Å². The average molecular weight is 357 g/mol. The van der Waals surface area contributed by atoms with Crippen LogP contribution >= 0.6 is 0 Å². The number of guanidine groups is 1. The molecule has 6 nitrogen and oxygen atoms in total. The fourth-order valence-corrected chi connectivity index (χ4v) is 3.34. The first-order valence-electron chi connectivity index (χ1n) is 9.22. The van der Waals surface area contributed by atoms with Gasteiger partial charge in [-0.3, -0.25) is 4.79 Å². The van der Waals surface area contributed by atoms with Crippen molar-refractivity contribution < 1.29 is 4.79 Å². The lowest BCUT2D eigenvalue weighted by Crippen LogP contribution is -2.41. The highest BCUT2D eigenvalue weighted by atomic mass is 16.2. The molecule has 1 fully saturated rings. The Morgan fingerprint density at radius 1 is 1.15 bits per heavy atom. The number of amides is 1. The van der Waals surface area contributed by atoms with Gasteiger partial charge in [0.05, 0.1) is 5.69 Å². The van der Waals surface area contributed by atoms with Crippen molar-refractivity contribution in [2.24, 2.45) is 15.9 Å². The van der Waals surface area contributed by atoms with Crippen LogP contribution in [0.3, 0.4) is 0 Å². The minimum atomic E-state index is -0.120. The number of nitrogens with zero attached hydrogens (tertiary/aromatic N) is 4. The summed E-state index contributed by atoms with van der Waals surface area (Å²) in [5.74, 6) is 1.79. The van der Waals surface area contributed by atoms with Crippen molar-refractivity contribution >= 4 is 29.6 Å². The van der Waals surface area contributed by atoms with E-state index in [-0.39, 0.29) is 11.8 Å². The number of hydrogen-bond donors (Lipinski definition) is 1. The maximum atomic E-state index is 13.1. The van der Waals surface area contributed by atoms with Crippen LogP contribution in [0.25, 0.3) is 0 Å². The summed E-state index contributed by atoms with van der Waals surface area (Å²) in [6.45, 7) is 0.848. The van der Waals surface area contributed by atoms with E-state index >= 15 is 0 Å². The third-order valence-corrected chi connectivity index (χ3v) is 4.99. The maximum Gasteiger partial charge on any atom is 0.283 e. The number of allylic oxidation sites excluding steroid dienone is 1.